The van der Waals surface area contributed by atoms with Gasteiger partial charge in [0.2, 0.25) is 0 Å². The van der Waals surface area contributed by atoms with Crippen LogP contribution in [0.15, 0.2) is 12.2 Å². The van der Waals surface area contributed by atoms with Gasteiger partial charge in [0, 0.05) is 3.92 Å². The lowest BCUT2D eigenvalue weighted by atomic mass is 10.1. The summed E-state index contributed by atoms with van der Waals surface area (Å²) in [6.07, 6.45) is 8.66. The third kappa shape index (κ3) is 1.80. The lowest BCUT2D eigenvalue weighted by Gasteiger charge is -2.06. The minimum Gasteiger partial charge on any atom is -0.0875 e. The highest BCUT2D eigenvalue weighted by Gasteiger charge is 2.00. The van der Waals surface area contributed by atoms with E-state index in [2.05, 4.69) is 34.7 Å². The Labute approximate surface area is 58.1 Å². The minimum atomic E-state index is 0.825. The third-order valence-electron chi connectivity index (χ3n) is 1.20. The smallest absolute Gasteiger partial charge is 0.0289 e. The molecule has 0 bridgehead atoms. The molecule has 1 aliphatic rings. The summed E-state index contributed by atoms with van der Waals surface area (Å²) < 4.78 is 0.825. The summed E-state index contributed by atoms with van der Waals surface area (Å²) >= 11 is 2.47. The van der Waals surface area contributed by atoms with Crippen LogP contribution in [-0.2, 0) is 0 Å². The van der Waals surface area contributed by atoms with Crippen molar-refractivity contribution in [3.05, 3.63) is 12.2 Å². The van der Waals surface area contributed by atoms with Crippen molar-refractivity contribution in [3.63, 3.8) is 0 Å². The van der Waals surface area contributed by atoms with Gasteiger partial charge in [-0.15, -0.1) is 0 Å². The first kappa shape index (κ1) is 5.60. The Morgan fingerprint density at radius 3 is 2.71 bits per heavy atom. The van der Waals surface area contributed by atoms with Crippen molar-refractivity contribution in [1.82, 2.24) is 0 Å². The largest absolute Gasteiger partial charge is 0.0875 e. The first-order valence-corrected chi connectivity index (χ1v) is 3.95. The monoisotopic (exact) mass is 208 g/mol. The molecule has 0 nitrogen and oxygen atoms in total. The SMILES string of the molecule is I[C@H]1C=CCCC1. The van der Waals surface area contributed by atoms with Crippen LogP contribution in [0, 0.1) is 0 Å². The Morgan fingerprint density at radius 1 is 1.57 bits per heavy atom. The number of rotatable bonds is 0. The van der Waals surface area contributed by atoms with E-state index in [-0.39, 0.29) is 0 Å². The molecule has 0 radical (unpaired) electrons. The van der Waals surface area contributed by atoms with Gasteiger partial charge < -0.3 is 0 Å². The van der Waals surface area contributed by atoms with E-state index in [4.69, 9.17) is 0 Å². The summed E-state index contributed by atoms with van der Waals surface area (Å²) in [4.78, 5) is 0. The second-order valence-corrected chi connectivity index (χ2v) is 3.48. The molecular weight excluding hydrogens is 199 g/mol. The molecule has 0 saturated heterocycles. The molecule has 1 atom stereocenters. The predicted molar refractivity (Wildman–Crippen MR) is 40.8 cm³/mol. The summed E-state index contributed by atoms with van der Waals surface area (Å²) in [7, 11) is 0. The quantitative estimate of drug-likeness (QED) is 0.326. The van der Waals surface area contributed by atoms with E-state index >= 15 is 0 Å². The Kier molecular flexibility index (Phi) is 2.16. The zero-order valence-corrected chi connectivity index (χ0v) is 6.39. The maximum absolute atomic E-state index is 2.47. The first-order valence-electron chi connectivity index (χ1n) is 2.70. The van der Waals surface area contributed by atoms with Crippen LogP contribution in [0.25, 0.3) is 0 Å². The maximum Gasteiger partial charge on any atom is 0.0289 e. The fourth-order valence-electron chi connectivity index (χ4n) is 0.771. The van der Waals surface area contributed by atoms with E-state index in [0.29, 0.717) is 0 Å². The van der Waals surface area contributed by atoms with Gasteiger partial charge >= 0.3 is 0 Å². The Hall–Kier alpha value is 0.470. The number of hydrogen-bond donors (Lipinski definition) is 0. The Balaban J connectivity index is 2.36. The molecule has 0 aromatic rings. The van der Waals surface area contributed by atoms with Crippen molar-refractivity contribution < 1.29 is 0 Å². The van der Waals surface area contributed by atoms with E-state index in [1.807, 2.05) is 0 Å². The van der Waals surface area contributed by atoms with Gasteiger partial charge in [-0.05, 0) is 19.3 Å². The van der Waals surface area contributed by atoms with E-state index < -0.39 is 0 Å². The summed E-state index contributed by atoms with van der Waals surface area (Å²) in [5.74, 6) is 0. The average Bonchev–Trinajstić information content (AvgIpc) is 1.69. The second kappa shape index (κ2) is 2.70. The molecule has 1 heteroatoms. The van der Waals surface area contributed by atoms with Crippen LogP contribution in [0.5, 0.6) is 0 Å². The molecule has 0 saturated carbocycles. The van der Waals surface area contributed by atoms with Crippen molar-refractivity contribution in [1.29, 1.82) is 0 Å². The molecule has 0 aliphatic heterocycles. The number of allylic oxidation sites excluding steroid dienone is 2. The fourth-order valence-corrected chi connectivity index (χ4v) is 1.50. The number of hydrogen-bond acceptors (Lipinski definition) is 0. The summed E-state index contributed by atoms with van der Waals surface area (Å²) in [6.45, 7) is 0. The molecular formula is C6H9I. The third-order valence-corrected chi connectivity index (χ3v) is 2.23. The number of alkyl halides is 1. The number of halogens is 1. The van der Waals surface area contributed by atoms with Gasteiger partial charge in [0.15, 0.2) is 0 Å². The van der Waals surface area contributed by atoms with Gasteiger partial charge in [-0.1, -0.05) is 34.7 Å². The van der Waals surface area contributed by atoms with Gasteiger partial charge in [0.05, 0.1) is 0 Å². The minimum absolute atomic E-state index is 0.825. The lowest BCUT2D eigenvalue weighted by molar-refractivity contribution is 0.754. The Bertz CT molecular complexity index is 76.2. The average molecular weight is 208 g/mol. The second-order valence-electron chi connectivity index (χ2n) is 1.88. The van der Waals surface area contributed by atoms with Crippen LogP contribution in [0.3, 0.4) is 0 Å². The first-order chi connectivity index (χ1) is 3.39. The lowest BCUT2D eigenvalue weighted by Crippen LogP contribution is -1.95. The molecule has 0 fully saturated rings. The fraction of sp³-hybridized carbons (Fsp3) is 0.667. The van der Waals surface area contributed by atoms with Crippen LogP contribution in [-0.4, -0.2) is 3.92 Å². The van der Waals surface area contributed by atoms with Gasteiger partial charge in [-0.25, -0.2) is 0 Å². The molecule has 0 spiro atoms. The van der Waals surface area contributed by atoms with Crippen molar-refractivity contribution in [2.24, 2.45) is 0 Å². The van der Waals surface area contributed by atoms with Crippen molar-refractivity contribution in [2.75, 3.05) is 0 Å². The molecule has 7 heavy (non-hydrogen) atoms. The van der Waals surface area contributed by atoms with Crippen LogP contribution >= 0.6 is 22.6 Å². The van der Waals surface area contributed by atoms with Crippen molar-refractivity contribution in [2.45, 2.75) is 23.2 Å². The van der Waals surface area contributed by atoms with Crippen molar-refractivity contribution in [3.8, 4) is 0 Å². The predicted octanol–water partition coefficient (Wildman–Crippen LogP) is 2.53. The van der Waals surface area contributed by atoms with Crippen LogP contribution in [0.2, 0.25) is 0 Å². The summed E-state index contributed by atoms with van der Waals surface area (Å²) in [5, 5.41) is 0. The van der Waals surface area contributed by atoms with E-state index in [1.54, 1.807) is 0 Å². The Morgan fingerprint density at radius 2 is 2.43 bits per heavy atom. The van der Waals surface area contributed by atoms with Gasteiger partial charge in [0.25, 0.3) is 0 Å². The molecule has 0 amide bonds. The molecule has 40 valence electrons. The molecule has 0 aromatic carbocycles. The zero-order valence-electron chi connectivity index (χ0n) is 4.23. The highest BCUT2D eigenvalue weighted by Crippen LogP contribution is 2.16. The topological polar surface area (TPSA) is 0 Å². The molecule has 0 heterocycles. The van der Waals surface area contributed by atoms with E-state index in [9.17, 15) is 0 Å². The maximum atomic E-state index is 2.47. The molecule has 1 aliphatic carbocycles. The van der Waals surface area contributed by atoms with E-state index in [1.165, 1.54) is 19.3 Å². The standard InChI is InChI=1S/C6H9I/c7-6-4-2-1-3-5-6/h2,4,6H,1,3,5H2/t6-/m0/s1. The molecule has 1 rings (SSSR count). The molecule has 0 aromatic heterocycles. The summed E-state index contributed by atoms with van der Waals surface area (Å²) in [6, 6.07) is 0. The molecule has 0 unspecified atom stereocenters. The highest BCUT2D eigenvalue weighted by atomic mass is 127. The van der Waals surface area contributed by atoms with Crippen LogP contribution in [0.4, 0.5) is 0 Å². The van der Waals surface area contributed by atoms with Crippen LogP contribution < -0.4 is 0 Å². The highest BCUT2D eigenvalue weighted by molar-refractivity contribution is 14.1. The van der Waals surface area contributed by atoms with E-state index in [0.717, 1.165) is 3.92 Å². The van der Waals surface area contributed by atoms with Gasteiger partial charge in [-0.2, -0.15) is 0 Å². The normalized spacial score (nSPS) is 30.7. The van der Waals surface area contributed by atoms with Crippen LogP contribution in [0.1, 0.15) is 19.3 Å². The van der Waals surface area contributed by atoms with Gasteiger partial charge in [-0.3, -0.25) is 0 Å². The summed E-state index contributed by atoms with van der Waals surface area (Å²) in [5.41, 5.74) is 0. The zero-order chi connectivity index (χ0) is 5.11. The molecule has 0 N–H and O–H groups in total. The van der Waals surface area contributed by atoms with Crippen molar-refractivity contribution >= 4 is 22.6 Å². The van der Waals surface area contributed by atoms with Gasteiger partial charge in [0.1, 0.15) is 0 Å².